The molecule has 0 fully saturated rings. The van der Waals surface area contributed by atoms with E-state index in [-0.39, 0.29) is 0 Å². The molecule has 0 bridgehead atoms. The Labute approximate surface area is 93.8 Å². The van der Waals surface area contributed by atoms with Gasteiger partial charge in [0.1, 0.15) is 0 Å². The highest BCUT2D eigenvalue weighted by Gasteiger charge is 1.96. The summed E-state index contributed by atoms with van der Waals surface area (Å²) in [6, 6.07) is 0. The van der Waals surface area contributed by atoms with E-state index in [9.17, 15) is 0 Å². The van der Waals surface area contributed by atoms with Gasteiger partial charge >= 0.3 is 0 Å². The molecule has 1 nitrogen and oxygen atoms in total. The van der Waals surface area contributed by atoms with Crippen molar-refractivity contribution >= 4 is 10.4 Å². The van der Waals surface area contributed by atoms with Crippen molar-refractivity contribution in [1.29, 1.82) is 0 Å². The molecule has 0 heterocycles. The smallest absolute Gasteiger partial charge is 0.0784 e. The van der Waals surface area contributed by atoms with Crippen LogP contribution in [0.2, 0.25) is 0 Å². The highest BCUT2D eigenvalue weighted by Crippen LogP contribution is 2.02. The van der Waals surface area contributed by atoms with Crippen LogP contribution in [0.5, 0.6) is 0 Å². The van der Waals surface area contributed by atoms with Crippen molar-refractivity contribution in [2.75, 3.05) is 13.1 Å². The zero-order valence-corrected chi connectivity index (χ0v) is 12.5. The third-order valence-corrected chi connectivity index (χ3v) is 3.68. The highest BCUT2D eigenvalue weighted by molar-refractivity contribution is 6.04. The summed E-state index contributed by atoms with van der Waals surface area (Å²) in [4.78, 5) is 0. The molecular formula is C12H29NSi. The molecule has 0 N–H and O–H groups in total. The molecule has 0 aromatic carbocycles. The summed E-state index contributed by atoms with van der Waals surface area (Å²) in [6.45, 7) is 7.28. The zero-order chi connectivity index (χ0) is 10.6. The Morgan fingerprint density at radius 3 is 1.50 bits per heavy atom. The van der Waals surface area contributed by atoms with Gasteiger partial charge in [-0.05, 0) is 25.9 Å². The maximum Gasteiger partial charge on any atom is 0.0784 e. The fourth-order valence-corrected chi connectivity index (χ4v) is 2.36. The van der Waals surface area contributed by atoms with Crippen LogP contribution >= 0.6 is 0 Å². The predicted molar refractivity (Wildman–Crippen MR) is 69.8 cm³/mol. The molecule has 2 heteroatoms. The average Bonchev–Trinajstić information content (AvgIpc) is 2.19. The van der Waals surface area contributed by atoms with E-state index >= 15 is 0 Å². The summed E-state index contributed by atoms with van der Waals surface area (Å²) in [5.41, 5.74) is 0. The molecule has 86 valence electrons. The molecule has 0 aliphatic heterocycles. The second kappa shape index (κ2) is 11.3. The summed E-state index contributed by atoms with van der Waals surface area (Å²) in [5, 5.41) is 0. The maximum absolute atomic E-state index is 2.63. The van der Waals surface area contributed by atoms with E-state index < -0.39 is 0 Å². The normalized spacial score (nSPS) is 11.4. The monoisotopic (exact) mass is 215 g/mol. The SMILES string of the molecule is CCCCCCN([SiH3])CCCCCC. The van der Waals surface area contributed by atoms with E-state index in [2.05, 4.69) is 18.4 Å². The van der Waals surface area contributed by atoms with E-state index in [1.54, 1.807) is 0 Å². The standard InChI is InChI=1S/C12H29NSi/c1-3-5-7-9-11-13(14)12-10-8-6-4-2/h3-12H2,1-2,14H3. The van der Waals surface area contributed by atoms with Crippen molar-refractivity contribution in [3.63, 3.8) is 0 Å². The van der Waals surface area contributed by atoms with Gasteiger partial charge in [0.15, 0.2) is 0 Å². The summed E-state index contributed by atoms with van der Waals surface area (Å²) in [5.74, 6) is 0. The Morgan fingerprint density at radius 2 is 1.14 bits per heavy atom. The molecule has 14 heavy (non-hydrogen) atoms. The van der Waals surface area contributed by atoms with Crippen molar-refractivity contribution in [2.24, 2.45) is 0 Å². The van der Waals surface area contributed by atoms with Crippen LogP contribution < -0.4 is 0 Å². The van der Waals surface area contributed by atoms with Crippen molar-refractivity contribution in [3.05, 3.63) is 0 Å². The average molecular weight is 215 g/mol. The number of nitrogens with zero attached hydrogens (tertiary/aromatic N) is 1. The molecule has 0 aliphatic rings. The summed E-state index contributed by atoms with van der Waals surface area (Å²) in [7, 11) is 1.26. The highest BCUT2D eigenvalue weighted by atomic mass is 28.2. The van der Waals surface area contributed by atoms with Gasteiger partial charge in [0, 0.05) is 0 Å². The molecule has 0 aliphatic carbocycles. The van der Waals surface area contributed by atoms with Gasteiger partial charge in [-0.2, -0.15) is 0 Å². The zero-order valence-electron chi connectivity index (χ0n) is 10.5. The number of rotatable bonds is 10. The Hall–Kier alpha value is 0.177. The van der Waals surface area contributed by atoms with Crippen LogP contribution in [0.25, 0.3) is 0 Å². The molecular weight excluding hydrogens is 186 g/mol. The number of hydrogen-bond acceptors (Lipinski definition) is 1. The Bertz CT molecular complexity index is 94.5. The van der Waals surface area contributed by atoms with Crippen LogP contribution in [0, 0.1) is 0 Å². The molecule has 0 saturated heterocycles. The first-order valence-corrected chi connectivity index (χ1v) is 7.39. The van der Waals surface area contributed by atoms with Gasteiger partial charge < -0.3 is 4.57 Å². The third kappa shape index (κ3) is 10.3. The first kappa shape index (κ1) is 14.2. The van der Waals surface area contributed by atoms with Crippen LogP contribution in [0.1, 0.15) is 65.2 Å². The van der Waals surface area contributed by atoms with E-state index in [1.165, 1.54) is 74.9 Å². The molecule has 0 aromatic rings. The van der Waals surface area contributed by atoms with E-state index in [0.717, 1.165) is 0 Å². The maximum atomic E-state index is 2.63. The molecule has 0 rings (SSSR count). The second-order valence-electron chi connectivity index (χ2n) is 4.42. The van der Waals surface area contributed by atoms with Crippen LogP contribution in [0.15, 0.2) is 0 Å². The lowest BCUT2D eigenvalue weighted by Gasteiger charge is -2.16. The van der Waals surface area contributed by atoms with Gasteiger partial charge in [0.25, 0.3) is 0 Å². The molecule has 0 spiro atoms. The van der Waals surface area contributed by atoms with E-state index in [4.69, 9.17) is 0 Å². The number of hydrogen-bond donors (Lipinski definition) is 0. The minimum Gasteiger partial charge on any atom is -0.332 e. The summed E-state index contributed by atoms with van der Waals surface area (Å²) < 4.78 is 2.63. The van der Waals surface area contributed by atoms with E-state index in [0.29, 0.717) is 0 Å². The van der Waals surface area contributed by atoms with Crippen LogP contribution in [-0.4, -0.2) is 28.1 Å². The summed E-state index contributed by atoms with van der Waals surface area (Å²) >= 11 is 0. The van der Waals surface area contributed by atoms with Crippen molar-refractivity contribution in [3.8, 4) is 0 Å². The lowest BCUT2D eigenvalue weighted by molar-refractivity contribution is 0.414. The largest absolute Gasteiger partial charge is 0.332 e. The van der Waals surface area contributed by atoms with Crippen molar-refractivity contribution < 1.29 is 0 Å². The van der Waals surface area contributed by atoms with Crippen LogP contribution in [-0.2, 0) is 0 Å². The molecule has 0 aromatic heterocycles. The van der Waals surface area contributed by atoms with Crippen molar-refractivity contribution in [2.45, 2.75) is 65.2 Å². The van der Waals surface area contributed by atoms with Gasteiger partial charge in [0.05, 0.1) is 10.4 Å². The minimum atomic E-state index is 1.26. The quantitative estimate of drug-likeness (QED) is 0.400. The molecule has 0 amide bonds. The topological polar surface area (TPSA) is 3.24 Å². The second-order valence-corrected chi connectivity index (χ2v) is 5.69. The van der Waals surface area contributed by atoms with Gasteiger partial charge in [-0.1, -0.05) is 52.4 Å². The van der Waals surface area contributed by atoms with Crippen LogP contribution in [0.4, 0.5) is 0 Å². The first-order valence-electron chi connectivity index (χ1n) is 6.49. The van der Waals surface area contributed by atoms with Crippen molar-refractivity contribution in [1.82, 2.24) is 4.57 Å². The van der Waals surface area contributed by atoms with Crippen LogP contribution in [0.3, 0.4) is 0 Å². The van der Waals surface area contributed by atoms with Gasteiger partial charge in [-0.3, -0.25) is 0 Å². The lowest BCUT2D eigenvalue weighted by Crippen LogP contribution is -2.22. The third-order valence-electron chi connectivity index (χ3n) is 2.79. The summed E-state index contributed by atoms with van der Waals surface area (Å²) in [6.07, 6.45) is 11.3. The minimum absolute atomic E-state index is 1.26. The Morgan fingerprint density at radius 1 is 0.714 bits per heavy atom. The molecule has 0 saturated carbocycles. The first-order chi connectivity index (χ1) is 6.81. The molecule has 0 unspecified atom stereocenters. The molecule has 0 radical (unpaired) electrons. The molecule has 0 atom stereocenters. The lowest BCUT2D eigenvalue weighted by atomic mass is 10.2. The fourth-order valence-electron chi connectivity index (χ4n) is 1.73. The fraction of sp³-hybridized carbons (Fsp3) is 1.00. The van der Waals surface area contributed by atoms with Gasteiger partial charge in [0.2, 0.25) is 0 Å². The predicted octanol–water partition coefficient (Wildman–Crippen LogP) is 2.73. The Kier molecular flexibility index (Phi) is 11.4. The van der Waals surface area contributed by atoms with Gasteiger partial charge in [-0.25, -0.2) is 0 Å². The van der Waals surface area contributed by atoms with E-state index in [1.807, 2.05) is 0 Å². The number of unbranched alkanes of at least 4 members (excludes halogenated alkanes) is 6. The Balaban J connectivity index is 3.07. The van der Waals surface area contributed by atoms with Gasteiger partial charge in [-0.15, -0.1) is 0 Å².